The minimum absolute atomic E-state index is 0.288. The molecule has 0 aliphatic rings. The maximum atomic E-state index is 12.7. The van der Waals surface area contributed by atoms with Crippen LogP contribution >= 0.6 is 0 Å². The van der Waals surface area contributed by atoms with E-state index in [2.05, 4.69) is 0 Å². The van der Waals surface area contributed by atoms with E-state index in [-0.39, 0.29) is 18.1 Å². The first kappa shape index (κ1) is 21.3. The van der Waals surface area contributed by atoms with Crippen LogP contribution in [0.1, 0.15) is 15.9 Å². The van der Waals surface area contributed by atoms with Crippen molar-refractivity contribution in [1.82, 2.24) is 4.90 Å². The van der Waals surface area contributed by atoms with Gasteiger partial charge in [0.1, 0.15) is 11.3 Å². The highest BCUT2D eigenvalue weighted by Crippen LogP contribution is 2.26. The topological polar surface area (TPSA) is 65.1 Å². The highest BCUT2D eigenvalue weighted by molar-refractivity contribution is 5.99. The Balaban J connectivity index is 1.70. The molecular weight excluding hydrogens is 382 g/mol. The molecule has 6 heteroatoms. The Labute approximate surface area is 176 Å². The van der Waals surface area contributed by atoms with Gasteiger partial charge in [-0.05, 0) is 28.5 Å². The minimum atomic E-state index is -0.600. The quantitative estimate of drug-likeness (QED) is 0.506. The number of benzene rings is 3. The zero-order chi connectivity index (χ0) is 21.3. The van der Waals surface area contributed by atoms with E-state index in [0.717, 1.165) is 16.3 Å². The van der Waals surface area contributed by atoms with Crippen LogP contribution in [0.25, 0.3) is 10.8 Å². The van der Waals surface area contributed by atoms with Crippen molar-refractivity contribution >= 4 is 22.6 Å². The average Bonchev–Trinajstić information content (AvgIpc) is 2.79. The first-order valence-corrected chi connectivity index (χ1v) is 9.67. The Hall–Kier alpha value is -3.38. The molecule has 1 amide bonds. The van der Waals surface area contributed by atoms with Gasteiger partial charge in [-0.15, -0.1) is 0 Å². The van der Waals surface area contributed by atoms with E-state index < -0.39 is 5.97 Å². The molecule has 30 heavy (non-hydrogen) atoms. The van der Waals surface area contributed by atoms with Crippen LogP contribution in [0, 0.1) is 0 Å². The van der Waals surface area contributed by atoms with Gasteiger partial charge in [0.2, 0.25) is 0 Å². The number of ether oxygens (including phenoxy) is 3. The second-order valence-corrected chi connectivity index (χ2v) is 6.77. The lowest BCUT2D eigenvalue weighted by molar-refractivity contribution is -0.135. The van der Waals surface area contributed by atoms with Gasteiger partial charge >= 0.3 is 5.97 Å². The first-order valence-electron chi connectivity index (χ1n) is 9.67. The molecule has 0 bridgehead atoms. The molecule has 0 fully saturated rings. The van der Waals surface area contributed by atoms with Gasteiger partial charge in [-0.2, -0.15) is 0 Å². The van der Waals surface area contributed by atoms with E-state index in [1.165, 1.54) is 7.11 Å². The lowest BCUT2D eigenvalue weighted by atomic mass is 10.1. The van der Waals surface area contributed by atoms with Crippen LogP contribution in [-0.2, 0) is 20.8 Å². The van der Waals surface area contributed by atoms with E-state index in [1.807, 2.05) is 54.6 Å². The van der Waals surface area contributed by atoms with Gasteiger partial charge in [0, 0.05) is 20.2 Å². The van der Waals surface area contributed by atoms with E-state index in [0.29, 0.717) is 25.4 Å². The lowest BCUT2D eigenvalue weighted by Gasteiger charge is -2.22. The molecule has 0 heterocycles. The second kappa shape index (κ2) is 10.4. The summed E-state index contributed by atoms with van der Waals surface area (Å²) in [5, 5.41) is 1.85. The van der Waals surface area contributed by atoms with Crippen molar-refractivity contribution < 1.29 is 23.8 Å². The normalized spacial score (nSPS) is 10.6. The third-order valence-electron chi connectivity index (χ3n) is 4.75. The summed E-state index contributed by atoms with van der Waals surface area (Å²) in [7, 11) is 3.08. The molecule has 6 nitrogen and oxygen atoms in total. The molecule has 0 saturated heterocycles. The number of esters is 1. The minimum Gasteiger partial charge on any atom is -0.496 e. The summed E-state index contributed by atoms with van der Waals surface area (Å²) in [6.07, 6.45) is 0. The fourth-order valence-electron chi connectivity index (χ4n) is 3.14. The zero-order valence-corrected chi connectivity index (χ0v) is 17.2. The van der Waals surface area contributed by atoms with Crippen molar-refractivity contribution in [2.45, 2.75) is 6.54 Å². The number of carbonyl (C=O) groups excluding carboxylic acids is 2. The second-order valence-electron chi connectivity index (χ2n) is 6.77. The van der Waals surface area contributed by atoms with E-state index >= 15 is 0 Å². The molecule has 0 saturated carbocycles. The van der Waals surface area contributed by atoms with Crippen molar-refractivity contribution in [1.29, 1.82) is 0 Å². The summed E-state index contributed by atoms with van der Waals surface area (Å²) in [5.74, 6) is -0.479. The third kappa shape index (κ3) is 5.36. The fourth-order valence-corrected chi connectivity index (χ4v) is 3.14. The standard InChI is InChI=1S/C24H25NO5/c1-28-13-12-25(16-18-8-4-3-5-9-18)23(26)17-30-24(27)21-14-19-10-6-7-11-20(19)15-22(21)29-2/h3-11,14-15H,12-13,16-17H2,1-2H3. The number of hydrogen-bond acceptors (Lipinski definition) is 5. The van der Waals surface area contributed by atoms with Crippen molar-refractivity contribution in [2.75, 3.05) is 34.0 Å². The van der Waals surface area contributed by atoms with Crippen LogP contribution in [0.3, 0.4) is 0 Å². The summed E-state index contributed by atoms with van der Waals surface area (Å²) in [6.45, 7) is 0.858. The summed E-state index contributed by atoms with van der Waals surface area (Å²) in [4.78, 5) is 27.0. The predicted octanol–water partition coefficient (Wildman–Crippen LogP) is 3.68. The van der Waals surface area contributed by atoms with Crippen molar-refractivity contribution in [3.8, 4) is 5.75 Å². The third-order valence-corrected chi connectivity index (χ3v) is 4.75. The molecule has 0 radical (unpaired) electrons. The number of rotatable bonds is 9. The largest absolute Gasteiger partial charge is 0.496 e. The van der Waals surface area contributed by atoms with Crippen LogP contribution in [-0.4, -0.2) is 50.8 Å². The SMILES string of the molecule is COCCN(Cc1ccccc1)C(=O)COC(=O)c1cc2ccccc2cc1OC. The molecule has 0 aliphatic heterocycles. The van der Waals surface area contributed by atoms with Gasteiger partial charge in [0.15, 0.2) is 6.61 Å². The maximum Gasteiger partial charge on any atom is 0.342 e. The molecule has 0 unspecified atom stereocenters. The van der Waals surface area contributed by atoms with Crippen LogP contribution in [0.15, 0.2) is 66.7 Å². The molecule has 0 atom stereocenters. The number of amides is 1. The Morgan fingerprint density at radius 2 is 1.57 bits per heavy atom. The van der Waals surface area contributed by atoms with Gasteiger partial charge < -0.3 is 19.1 Å². The van der Waals surface area contributed by atoms with E-state index in [4.69, 9.17) is 14.2 Å². The number of fused-ring (bicyclic) bond motifs is 1. The van der Waals surface area contributed by atoms with Crippen molar-refractivity contribution in [2.24, 2.45) is 0 Å². The molecule has 156 valence electrons. The van der Waals surface area contributed by atoms with Gasteiger partial charge in [-0.25, -0.2) is 4.79 Å². The lowest BCUT2D eigenvalue weighted by Crippen LogP contribution is -2.36. The van der Waals surface area contributed by atoms with Crippen LogP contribution in [0.4, 0.5) is 0 Å². The molecular formula is C24H25NO5. The summed E-state index contributed by atoms with van der Waals surface area (Å²) in [5.41, 5.74) is 1.28. The summed E-state index contributed by atoms with van der Waals surface area (Å²) < 4.78 is 15.8. The molecule has 3 aromatic carbocycles. The highest BCUT2D eigenvalue weighted by atomic mass is 16.5. The van der Waals surface area contributed by atoms with Crippen LogP contribution in [0.2, 0.25) is 0 Å². The van der Waals surface area contributed by atoms with Crippen LogP contribution in [0.5, 0.6) is 5.75 Å². The number of carbonyl (C=O) groups is 2. The van der Waals surface area contributed by atoms with Crippen molar-refractivity contribution in [3.63, 3.8) is 0 Å². The Bertz CT molecular complexity index is 1000. The number of nitrogens with zero attached hydrogens (tertiary/aromatic N) is 1. The molecule has 0 aliphatic carbocycles. The maximum absolute atomic E-state index is 12.7. The van der Waals surface area contributed by atoms with Crippen LogP contribution < -0.4 is 4.74 Å². The Morgan fingerprint density at radius 3 is 2.23 bits per heavy atom. The summed E-state index contributed by atoms with van der Waals surface area (Å²) >= 11 is 0. The Morgan fingerprint density at radius 1 is 0.900 bits per heavy atom. The monoisotopic (exact) mass is 407 g/mol. The zero-order valence-electron chi connectivity index (χ0n) is 17.2. The number of methoxy groups -OCH3 is 2. The molecule has 0 spiro atoms. The Kier molecular flexibility index (Phi) is 7.40. The smallest absolute Gasteiger partial charge is 0.342 e. The predicted molar refractivity (Wildman–Crippen MR) is 115 cm³/mol. The van der Waals surface area contributed by atoms with Gasteiger partial charge in [0.25, 0.3) is 5.91 Å². The number of hydrogen-bond donors (Lipinski definition) is 0. The van der Waals surface area contributed by atoms with Gasteiger partial charge in [0.05, 0.1) is 13.7 Å². The summed E-state index contributed by atoms with van der Waals surface area (Å²) in [6, 6.07) is 20.8. The fraction of sp³-hybridized carbons (Fsp3) is 0.250. The van der Waals surface area contributed by atoms with Gasteiger partial charge in [-0.3, -0.25) is 4.79 Å². The molecule has 3 aromatic rings. The van der Waals surface area contributed by atoms with E-state index in [9.17, 15) is 9.59 Å². The molecule has 0 aromatic heterocycles. The first-order chi connectivity index (χ1) is 14.6. The average molecular weight is 407 g/mol. The highest BCUT2D eigenvalue weighted by Gasteiger charge is 2.19. The molecule has 0 N–H and O–H groups in total. The molecule has 3 rings (SSSR count). The van der Waals surface area contributed by atoms with Gasteiger partial charge in [-0.1, -0.05) is 54.6 Å². The van der Waals surface area contributed by atoms with Crippen molar-refractivity contribution in [3.05, 3.63) is 77.9 Å². The van der Waals surface area contributed by atoms with E-state index in [1.54, 1.807) is 24.1 Å².